The minimum Gasteiger partial charge on any atom is -0.497 e. The molecule has 1 amide bonds. The third kappa shape index (κ3) is 4.57. The fraction of sp³-hybridized carbons (Fsp3) is 0.500. The lowest BCUT2D eigenvalue weighted by molar-refractivity contribution is -0.137. The minimum atomic E-state index is -0.00665. The summed E-state index contributed by atoms with van der Waals surface area (Å²) in [4.78, 5) is 18.5. The molecular formula is C18H23N3O4. The minimum absolute atomic E-state index is 0.00665. The molecule has 25 heavy (non-hydrogen) atoms. The molecule has 0 spiro atoms. The van der Waals surface area contributed by atoms with Crippen LogP contribution in [0.2, 0.25) is 0 Å². The first-order valence-electron chi connectivity index (χ1n) is 8.44. The van der Waals surface area contributed by atoms with Crippen LogP contribution in [-0.4, -0.2) is 47.8 Å². The molecule has 0 aliphatic carbocycles. The van der Waals surface area contributed by atoms with Gasteiger partial charge in [-0.2, -0.15) is 4.98 Å². The number of carbonyl (C=O) groups is 1. The molecule has 1 aliphatic rings. The standard InChI is InChI=1S/C18H23N3O4/c1-13-19-18(20-25-13)15-6-4-8-21(10-15)17(22)12-24-11-14-5-3-7-16(9-14)23-2/h3,5,7,9,15H,4,6,8,10-12H2,1-2H3. The Morgan fingerprint density at radius 1 is 1.44 bits per heavy atom. The lowest BCUT2D eigenvalue weighted by Crippen LogP contribution is -2.41. The first-order chi connectivity index (χ1) is 12.2. The first kappa shape index (κ1) is 17.4. The van der Waals surface area contributed by atoms with E-state index in [1.807, 2.05) is 29.2 Å². The fourth-order valence-electron chi connectivity index (χ4n) is 3.00. The Labute approximate surface area is 146 Å². The van der Waals surface area contributed by atoms with Gasteiger partial charge in [0.05, 0.1) is 13.7 Å². The Bertz CT molecular complexity index is 716. The predicted octanol–water partition coefficient (Wildman–Crippen LogP) is 2.31. The van der Waals surface area contributed by atoms with Crippen LogP contribution in [0.4, 0.5) is 0 Å². The summed E-state index contributed by atoms with van der Waals surface area (Å²) in [5, 5.41) is 3.98. The van der Waals surface area contributed by atoms with Crippen LogP contribution in [0.3, 0.4) is 0 Å². The van der Waals surface area contributed by atoms with E-state index in [1.54, 1.807) is 14.0 Å². The van der Waals surface area contributed by atoms with Gasteiger partial charge in [-0.3, -0.25) is 4.79 Å². The molecule has 1 aromatic carbocycles. The van der Waals surface area contributed by atoms with Crippen LogP contribution in [-0.2, 0) is 16.1 Å². The number of likely N-dealkylation sites (tertiary alicyclic amines) is 1. The van der Waals surface area contributed by atoms with E-state index in [0.717, 1.165) is 30.7 Å². The summed E-state index contributed by atoms with van der Waals surface area (Å²) in [5.41, 5.74) is 0.978. The zero-order valence-corrected chi connectivity index (χ0v) is 14.6. The summed E-state index contributed by atoms with van der Waals surface area (Å²) >= 11 is 0. The zero-order valence-electron chi connectivity index (χ0n) is 14.6. The monoisotopic (exact) mass is 345 g/mol. The molecule has 1 aromatic heterocycles. The van der Waals surface area contributed by atoms with Gasteiger partial charge >= 0.3 is 0 Å². The van der Waals surface area contributed by atoms with E-state index in [1.165, 1.54) is 0 Å². The molecule has 1 atom stereocenters. The van der Waals surface area contributed by atoms with Crippen molar-refractivity contribution in [2.75, 3.05) is 26.8 Å². The number of carbonyl (C=O) groups excluding carboxylic acids is 1. The van der Waals surface area contributed by atoms with Crippen LogP contribution in [0.1, 0.15) is 36.0 Å². The van der Waals surface area contributed by atoms with Crippen molar-refractivity contribution in [2.45, 2.75) is 32.3 Å². The Balaban J connectivity index is 1.49. The van der Waals surface area contributed by atoms with Gasteiger partial charge in [0.25, 0.3) is 0 Å². The van der Waals surface area contributed by atoms with Gasteiger partial charge in [0.15, 0.2) is 5.82 Å². The van der Waals surface area contributed by atoms with Gasteiger partial charge in [0.2, 0.25) is 11.8 Å². The van der Waals surface area contributed by atoms with Gasteiger partial charge in [-0.05, 0) is 30.5 Å². The van der Waals surface area contributed by atoms with Crippen LogP contribution >= 0.6 is 0 Å². The molecule has 0 bridgehead atoms. The number of hydrogen-bond acceptors (Lipinski definition) is 6. The van der Waals surface area contributed by atoms with Crippen LogP contribution in [0, 0.1) is 6.92 Å². The number of aromatic nitrogens is 2. The molecule has 1 fully saturated rings. The van der Waals surface area contributed by atoms with E-state index < -0.39 is 0 Å². The Morgan fingerprint density at radius 3 is 3.08 bits per heavy atom. The maximum Gasteiger partial charge on any atom is 0.248 e. The molecule has 2 heterocycles. The SMILES string of the molecule is COc1cccc(COCC(=O)N2CCCC(c3noc(C)n3)C2)c1. The summed E-state index contributed by atoms with van der Waals surface area (Å²) in [7, 11) is 1.63. The van der Waals surface area contributed by atoms with Gasteiger partial charge in [-0.25, -0.2) is 0 Å². The molecule has 7 heteroatoms. The molecule has 134 valence electrons. The van der Waals surface area contributed by atoms with E-state index in [9.17, 15) is 4.79 Å². The molecule has 1 saturated heterocycles. The number of hydrogen-bond donors (Lipinski definition) is 0. The van der Waals surface area contributed by atoms with Crippen molar-refractivity contribution in [3.63, 3.8) is 0 Å². The number of rotatable bonds is 6. The van der Waals surface area contributed by atoms with E-state index in [4.69, 9.17) is 14.0 Å². The Hall–Kier alpha value is -2.41. The third-order valence-electron chi connectivity index (χ3n) is 4.31. The van der Waals surface area contributed by atoms with Crippen molar-refractivity contribution in [2.24, 2.45) is 0 Å². The summed E-state index contributed by atoms with van der Waals surface area (Å²) in [6.45, 7) is 3.57. The van der Waals surface area contributed by atoms with Crippen LogP contribution < -0.4 is 4.74 Å². The average molecular weight is 345 g/mol. The van der Waals surface area contributed by atoms with Crippen LogP contribution in [0.5, 0.6) is 5.75 Å². The molecule has 0 saturated carbocycles. The molecule has 3 rings (SSSR count). The van der Waals surface area contributed by atoms with Gasteiger partial charge in [0.1, 0.15) is 12.4 Å². The molecule has 2 aromatic rings. The van der Waals surface area contributed by atoms with Crippen molar-refractivity contribution in [1.29, 1.82) is 0 Å². The number of benzene rings is 1. The van der Waals surface area contributed by atoms with Gasteiger partial charge in [0, 0.05) is 25.9 Å². The Morgan fingerprint density at radius 2 is 2.32 bits per heavy atom. The average Bonchev–Trinajstić information content (AvgIpc) is 3.08. The van der Waals surface area contributed by atoms with Crippen molar-refractivity contribution in [1.82, 2.24) is 15.0 Å². The maximum atomic E-state index is 12.4. The number of aryl methyl sites for hydroxylation is 1. The van der Waals surface area contributed by atoms with Crippen molar-refractivity contribution in [3.8, 4) is 5.75 Å². The normalized spacial score (nSPS) is 17.5. The highest BCUT2D eigenvalue weighted by molar-refractivity contribution is 5.77. The van der Waals surface area contributed by atoms with Crippen molar-refractivity contribution >= 4 is 5.91 Å². The van der Waals surface area contributed by atoms with Crippen molar-refractivity contribution in [3.05, 3.63) is 41.5 Å². The van der Waals surface area contributed by atoms with Gasteiger partial charge in [-0.15, -0.1) is 0 Å². The van der Waals surface area contributed by atoms with Crippen LogP contribution in [0.25, 0.3) is 0 Å². The predicted molar refractivity (Wildman–Crippen MR) is 90.2 cm³/mol. The van der Waals surface area contributed by atoms with Gasteiger partial charge < -0.3 is 18.9 Å². The van der Waals surface area contributed by atoms with Crippen molar-refractivity contribution < 1.29 is 18.8 Å². The largest absolute Gasteiger partial charge is 0.497 e. The van der Waals surface area contributed by atoms with Crippen LogP contribution in [0.15, 0.2) is 28.8 Å². The van der Waals surface area contributed by atoms with E-state index >= 15 is 0 Å². The highest BCUT2D eigenvalue weighted by Crippen LogP contribution is 2.25. The lowest BCUT2D eigenvalue weighted by atomic mass is 9.97. The number of methoxy groups -OCH3 is 1. The summed E-state index contributed by atoms with van der Waals surface area (Å²) in [5.74, 6) is 2.15. The third-order valence-corrected chi connectivity index (χ3v) is 4.31. The maximum absolute atomic E-state index is 12.4. The van der Waals surface area contributed by atoms with E-state index in [0.29, 0.717) is 24.9 Å². The fourth-order valence-corrected chi connectivity index (χ4v) is 3.00. The number of piperidine rings is 1. The second kappa shape index (κ2) is 8.11. The molecular weight excluding hydrogens is 322 g/mol. The second-order valence-corrected chi connectivity index (χ2v) is 6.19. The quantitative estimate of drug-likeness (QED) is 0.799. The first-order valence-corrected chi connectivity index (χ1v) is 8.44. The molecule has 0 radical (unpaired) electrons. The highest BCUT2D eigenvalue weighted by Gasteiger charge is 2.27. The second-order valence-electron chi connectivity index (χ2n) is 6.19. The topological polar surface area (TPSA) is 77.7 Å². The van der Waals surface area contributed by atoms with E-state index in [-0.39, 0.29) is 18.4 Å². The molecule has 7 nitrogen and oxygen atoms in total. The van der Waals surface area contributed by atoms with Gasteiger partial charge in [-0.1, -0.05) is 17.3 Å². The summed E-state index contributed by atoms with van der Waals surface area (Å²) in [6, 6.07) is 7.63. The number of nitrogens with zero attached hydrogens (tertiary/aromatic N) is 3. The van der Waals surface area contributed by atoms with E-state index in [2.05, 4.69) is 10.1 Å². The number of ether oxygens (including phenoxy) is 2. The zero-order chi connectivity index (χ0) is 17.6. The molecule has 0 N–H and O–H groups in total. The summed E-state index contributed by atoms with van der Waals surface area (Å²) in [6.07, 6.45) is 1.90. The Kier molecular flexibility index (Phi) is 5.65. The molecule has 1 unspecified atom stereocenters. The highest BCUT2D eigenvalue weighted by atomic mass is 16.5. The lowest BCUT2D eigenvalue weighted by Gasteiger charge is -2.31. The number of amides is 1. The summed E-state index contributed by atoms with van der Waals surface area (Å²) < 4.78 is 15.8. The molecule has 1 aliphatic heterocycles. The smallest absolute Gasteiger partial charge is 0.248 e.